The maximum atomic E-state index is 14.5. The van der Waals surface area contributed by atoms with E-state index in [0.29, 0.717) is 37.6 Å². The second-order valence-electron chi connectivity index (χ2n) is 12.4. The number of benzene rings is 2. The van der Waals surface area contributed by atoms with Crippen molar-refractivity contribution in [3.05, 3.63) is 118 Å². The first kappa shape index (κ1) is 41.8. The summed E-state index contributed by atoms with van der Waals surface area (Å²) >= 11 is 0. The molecule has 0 bridgehead atoms. The molecule has 16 heteroatoms. The summed E-state index contributed by atoms with van der Waals surface area (Å²) in [5, 5.41) is 11.0. The Kier molecular flexibility index (Phi) is 14.7. The van der Waals surface area contributed by atoms with E-state index in [-0.39, 0.29) is 43.1 Å². The van der Waals surface area contributed by atoms with Crippen LogP contribution in [0, 0.1) is 35.3 Å². The lowest BCUT2D eigenvalue weighted by atomic mass is 9.95. The zero-order valence-electron chi connectivity index (χ0n) is 29.6. The Bertz CT molecular complexity index is 1970. The molecule has 6 rings (SSSR count). The summed E-state index contributed by atoms with van der Waals surface area (Å²) in [5.41, 5.74) is 0.0986. The Morgan fingerprint density at radius 1 is 0.636 bits per heavy atom. The van der Waals surface area contributed by atoms with E-state index in [4.69, 9.17) is 9.47 Å². The van der Waals surface area contributed by atoms with Crippen LogP contribution < -0.4 is 32.4 Å². The molecule has 2 saturated heterocycles. The third-order valence-electron chi connectivity index (χ3n) is 8.90. The highest BCUT2D eigenvalue weighted by Gasteiger charge is 2.40. The van der Waals surface area contributed by atoms with Crippen molar-refractivity contribution in [1.82, 2.24) is 19.8 Å². The number of anilines is 2. The zero-order chi connectivity index (χ0) is 38.8. The molecule has 2 aliphatic rings. The summed E-state index contributed by atoms with van der Waals surface area (Å²) in [6, 6.07) is 17.5. The van der Waals surface area contributed by atoms with Gasteiger partial charge in [-0.25, -0.2) is 8.78 Å². The van der Waals surface area contributed by atoms with Gasteiger partial charge in [0.2, 0.25) is 11.8 Å². The third kappa shape index (κ3) is 10.2. The maximum absolute atomic E-state index is 14.5. The lowest BCUT2D eigenvalue weighted by Gasteiger charge is -2.17. The fourth-order valence-electron chi connectivity index (χ4n) is 6.15. The molecule has 14 nitrogen and oxygen atoms in total. The monoisotopic (exact) mass is 762 g/mol. The van der Waals surface area contributed by atoms with Crippen molar-refractivity contribution in [1.29, 1.82) is 0 Å². The van der Waals surface area contributed by atoms with Crippen LogP contribution in [0.3, 0.4) is 0 Å². The molecule has 4 atom stereocenters. The maximum Gasteiger partial charge on any atom is 0.311 e. The van der Waals surface area contributed by atoms with Crippen LogP contribution in [-0.4, -0.2) is 72.3 Å². The number of aromatic nitrogens is 2. The van der Waals surface area contributed by atoms with Crippen LogP contribution in [0.1, 0.15) is 21.3 Å². The number of carbonyl (C=O) groups excluding carboxylic acids is 4. The van der Waals surface area contributed by atoms with Crippen molar-refractivity contribution in [2.45, 2.75) is 21.3 Å². The summed E-state index contributed by atoms with van der Waals surface area (Å²) in [6.45, 7) is 5.18. The number of esters is 2. The van der Waals surface area contributed by atoms with Gasteiger partial charge in [0, 0.05) is 62.8 Å². The number of rotatable bonds is 10. The van der Waals surface area contributed by atoms with Crippen molar-refractivity contribution in [2.24, 2.45) is 23.7 Å². The number of pyridine rings is 2. The number of hydrogen-bond donors (Lipinski definition) is 4. The van der Waals surface area contributed by atoms with Gasteiger partial charge in [0.25, 0.3) is 11.1 Å². The second-order valence-corrected chi connectivity index (χ2v) is 12.4. The van der Waals surface area contributed by atoms with Gasteiger partial charge in [0.15, 0.2) is 0 Å². The second kappa shape index (κ2) is 19.4. The van der Waals surface area contributed by atoms with Crippen LogP contribution in [0.2, 0.25) is 0 Å². The molecule has 0 radical (unpaired) electrons. The van der Waals surface area contributed by atoms with E-state index in [1.165, 1.54) is 70.1 Å². The van der Waals surface area contributed by atoms with Gasteiger partial charge < -0.3 is 30.7 Å². The Balaban J connectivity index is 0.000000240. The molecule has 2 aromatic heterocycles. The van der Waals surface area contributed by atoms with Crippen molar-refractivity contribution in [2.75, 3.05) is 50.0 Å². The molecule has 4 heterocycles. The fraction of sp³-hybridized carbons (Fsp3) is 0.333. The molecular formula is C39H44F2N6O8. The van der Waals surface area contributed by atoms with Crippen molar-refractivity contribution in [3.8, 4) is 11.4 Å². The number of ether oxygens (including phenoxy) is 2. The number of carbonyl (C=O) groups is 4. The first-order valence-corrected chi connectivity index (χ1v) is 17.3. The van der Waals surface area contributed by atoms with E-state index in [1.807, 2.05) is 0 Å². The summed E-state index contributed by atoms with van der Waals surface area (Å²) in [5.74, 6) is -5.62. The molecule has 4 N–H and O–H groups in total. The van der Waals surface area contributed by atoms with Crippen LogP contribution >= 0.6 is 0 Å². The van der Waals surface area contributed by atoms with Crippen LogP contribution in [0.15, 0.2) is 94.8 Å². The van der Waals surface area contributed by atoms with Gasteiger partial charge in [-0.1, -0.05) is 19.6 Å². The normalized spacial score (nSPS) is 18.5. The first-order valence-electron chi connectivity index (χ1n) is 17.3. The SMILES string of the molecule is C.CCOC(=O)[C@H]1CNC[C@@H]1C(=O)Nc1ccc(-n2ccccc2=O)cc1F.CCOC(=O)[C@H]1CNC[C@@H]1C(=O)Nc1ccc(-n2ccccc2=O)cc1F. The Morgan fingerprint density at radius 2 is 1.02 bits per heavy atom. The number of amides is 2. The predicted molar refractivity (Wildman–Crippen MR) is 201 cm³/mol. The quantitative estimate of drug-likeness (QED) is 0.175. The van der Waals surface area contributed by atoms with E-state index in [1.54, 1.807) is 38.1 Å². The topological polar surface area (TPSA) is 179 Å². The smallest absolute Gasteiger partial charge is 0.311 e. The molecule has 0 spiro atoms. The Hall–Kier alpha value is -6.00. The predicted octanol–water partition coefficient (Wildman–Crippen LogP) is 3.26. The van der Waals surface area contributed by atoms with Crippen LogP contribution in [0.25, 0.3) is 11.4 Å². The minimum atomic E-state index is -0.671. The fourth-order valence-corrected chi connectivity index (χ4v) is 6.15. The highest BCUT2D eigenvalue weighted by atomic mass is 19.1. The molecule has 0 unspecified atom stereocenters. The minimum absolute atomic E-state index is 0. The zero-order valence-corrected chi connectivity index (χ0v) is 29.6. The van der Waals surface area contributed by atoms with Crippen LogP contribution in [0.4, 0.5) is 20.2 Å². The molecule has 0 saturated carbocycles. The standard InChI is InChI=1S/2C19H20FN3O4.CH4/c2*1-2-27-19(26)14-11-21-10-13(14)18(25)22-16-7-6-12(9-15(16)20)23-8-4-3-5-17(23)24;/h2*3-9,13-14,21H,2,10-11H2,1H3,(H,22,25);1H4/t2*13-,14-;/m00./s1. The molecule has 2 amide bonds. The van der Waals surface area contributed by atoms with Gasteiger partial charge >= 0.3 is 11.9 Å². The molecule has 292 valence electrons. The molecule has 2 fully saturated rings. The van der Waals surface area contributed by atoms with Crippen LogP contribution in [-0.2, 0) is 28.7 Å². The molecular weight excluding hydrogens is 718 g/mol. The van der Waals surface area contributed by atoms with Crippen molar-refractivity contribution >= 4 is 35.1 Å². The number of nitrogens with zero attached hydrogens (tertiary/aromatic N) is 2. The summed E-state index contributed by atoms with van der Waals surface area (Å²) in [6.07, 6.45) is 3.06. The average molecular weight is 763 g/mol. The largest absolute Gasteiger partial charge is 0.466 e. The molecule has 0 aliphatic carbocycles. The Morgan fingerprint density at radius 3 is 1.36 bits per heavy atom. The van der Waals surface area contributed by atoms with Gasteiger partial charge in [-0.15, -0.1) is 0 Å². The average Bonchev–Trinajstić information content (AvgIpc) is 3.86. The van der Waals surface area contributed by atoms with E-state index in [2.05, 4.69) is 21.3 Å². The van der Waals surface area contributed by atoms with E-state index >= 15 is 0 Å². The number of halogens is 2. The molecule has 55 heavy (non-hydrogen) atoms. The number of nitrogens with one attached hydrogen (secondary N) is 4. The minimum Gasteiger partial charge on any atom is -0.466 e. The third-order valence-corrected chi connectivity index (χ3v) is 8.90. The highest BCUT2D eigenvalue weighted by Crippen LogP contribution is 2.25. The van der Waals surface area contributed by atoms with Gasteiger partial charge in [-0.05, 0) is 50.2 Å². The van der Waals surface area contributed by atoms with E-state index < -0.39 is 59.1 Å². The lowest BCUT2D eigenvalue weighted by Crippen LogP contribution is -2.34. The molecule has 4 aromatic rings. The van der Waals surface area contributed by atoms with E-state index in [0.717, 1.165) is 0 Å². The van der Waals surface area contributed by atoms with Gasteiger partial charge in [0.05, 0.1) is 59.6 Å². The summed E-state index contributed by atoms with van der Waals surface area (Å²) in [4.78, 5) is 72.6. The van der Waals surface area contributed by atoms with Crippen LogP contribution in [0.5, 0.6) is 0 Å². The lowest BCUT2D eigenvalue weighted by molar-refractivity contribution is -0.150. The number of hydrogen-bond acceptors (Lipinski definition) is 10. The summed E-state index contributed by atoms with van der Waals surface area (Å²) < 4.78 is 41.5. The first-order chi connectivity index (χ1) is 26.0. The van der Waals surface area contributed by atoms with Crippen molar-refractivity contribution < 1.29 is 37.4 Å². The molecule has 2 aromatic carbocycles. The summed E-state index contributed by atoms with van der Waals surface area (Å²) in [7, 11) is 0. The van der Waals surface area contributed by atoms with Gasteiger partial charge in [-0.2, -0.15) is 0 Å². The molecule has 2 aliphatic heterocycles. The highest BCUT2D eigenvalue weighted by molar-refractivity contribution is 5.97. The van der Waals surface area contributed by atoms with Crippen molar-refractivity contribution in [3.63, 3.8) is 0 Å². The Labute approximate surface area is 315 Å². The van der Waals surface area contributed by atoms with E-state index in [9.17, 15) is 37.5 Å². The van der Waals surface area contributed by atoms with Gasteiger partial charge in [0.1, 0.15) is 11.6 Å². The van der Waals surface area contributed by atoms with Gasteiger partial charge in [-0.3, -0.25) is 37.9 Å².